The normalized spacial score (nSPS) is 12.4. The second-order valence-electron chi connectivity index (χ2n) is 9.89. The van der Waals surface area contributed by atoms with Gasteiger partial charge in [0.2, 0.25) is 0 Å². The summed E-state index contributed by atoms with van der Waals surface area (Å²) in [5.41, 5.74) is 0.265. The first-order valence-corrected chi connectivity index (χ1v) is 13.7. The molecule has 1 rings (SSSR count). The molecule has 1 aromatic carbocycles. The molecule has 0 spiro atoms. The van der Waals surface area contributed by atoms with Crippen molar-refractivity contribution < 1.29 is 19.0 Å². The highest BCUT2D eigenvalue weighted by molar-refractivity contribution is 5.96. The molecule has 0 fully saturated rings. The number of nitrogens with zero attached hydrogens (tertiary/aromatic N) is 2. The molecule has 0 heterocycles. The fraction of sp³-hybridized carbons (Fsp3) is 0.581. The Labute approximate surface area is 224 Å². The number of carbonyl (C=O) groups is 1. The zero-order valence-corrected chi connectivity index (χ0v) is 23.2. The van der Waals surface area contributed by atoms with Crippen LogP contribution >= 0.6 is 0 Å². The number of benzene rings is 1. The van der Waals surface area contributed by atoms with Crippen molar-refractivity contribution in [2.24, 2.45) is 0 Å². The van der Waals surface area contributed by atoms with E-state index in [1.165, 1.54) is 44.2 Å². The van der Waals surface area contributed by atoms with Crippen LogP contribution in [0.15, 0.2) is 55.7 Å². The summed E-state index contributed by atoms with van der Waals surface area (Å²) in [5, 5.41) is 10.3. The Morgan fingerprint density at radius 1 is 0.946 bits per heavy atom. The number of aliphatic hydroxyl groups excluding tert-OH is 1. The van der Waals surface area contributed by atoms with Gasteiger partial charge >= 0.3 is 0 Å². The highest BCUT2D eigenvalue weighted by Gasteiger charge is 2.15. The first kappa shape index (κ1) is 32.7. The molecule has 0 radical (unpaired) electrons. The van der Waals surface area contributed by atoms with Crippen molar-refractivity contribution >= 4 is 5.78 Å². The highest BCUT2D eigenvalue weighted by atomic mass is 19.1. The van der Waals surface area contributed by atoms with Gasteiger partial charge < -0.3 is 14.7 Å². The molecule has 1 aromatic rings. The lowest BCUT2D eigenvalue weighted by atomic mass is 10.0. The molecule has 1 atom stereocenters. The van der Waals surface area contributed by atoms with Gasteiger partial charge in [-0.2, -0.15) is 0 Å². The van der Waals surface area contributed by atoms with Gasteiger partial charge in [0.05, 0.1) is 6.10 Å². The summed E-state index contributed by atoms with van der Waals surface area (Å²) in [5.74, 6) is -0.704. The minimum absolute atomic E-state index is 0.0148. The SMILES string of the molecule is C=CCN(C)CC=CCOc1ccc(C(=O)CC(O)CCCCCCCCCCN(C)CC=C)cc1F. The minimum Gasteiger partial charge on any atom is -0.486 e. The average molecular weight is 517 g/mol. The second-order valence-corrected chi connectivity index (χ2v) is 9.89. The number of unbranched alkanes of at least 4 members (excludes halogenated alkanes) is 7. The molecule has 0 aliphatic rings. The van der Waals surface area contributed by atoms with Crippen LogP contribution in [0.4, 0.5) is 4.39 Å². The Kier molecular flexibility index (Phi) is 18.4. The molecule has 0 aliphatic carbocycles. The monoisotopic (exact) mass is 516 g/mol. The second kappa shape index (κ2) is 20.7. The van der Waals surface area contributed by atoms with Gasteiger partial charge in [-0.3, -0.25) is 9.69 Å². The van der Waals surface area contributed by atoms with Crippen molar-refractivity contribution in [2.75, 3.05) is 46.9 Å². The number of likely N-dealkylation sites (N-methyl/N-ethyl adjacent to an activating group) is 2. The predicted octanol–water partition coefficient (Wildman–Crippen LogP) is 6.44. The third-order valence-corrected chi connectivity index (χ3v) is 6.30. The van der Waals surface area contributed by atoms with E-state index in [4.69, 9.17) is 4.74 Å². The van der Waals surface area contributed by atoms with Crippen LogP contribution in [0.1, 0.15) is 74.6 Å². The summed E-state index contributed by atoms with van der Waals surface area (Å²) in [7, 11) is 4.11. The number of ether oxygens (including phenoxy) is 1. The molecule has 0 amide bonds. The van der Waals surface area contributed by atoms with E-state index in [2.05, 4.69) is 30.0 Å². The number of carbonyl (C=O) groups excluding carboxylic acids is 1. The molecule has 1 N–H and O–H groups in total. The average Bonchev–Trinajstić information content (AvgIpc) is 2.86. The van der Waals surface area contributed by atoms with E-state index in [9.17, 15) is 14.3 Å². The number of Topliss-reactive ketones (excluding diaryl/α,β-unsaturated/α-hetero) is 1. The topological polar surface area (TPSA) is 53.0 Å². The van der Waals surface area contributed by atoms with Gasteiger partial charge in [0, 0.05) is 31.6 Å². The lowest BCUT2D eigenvalue weighted by molar-refractivity contribution is 0.0863. The van der Waals surface area contributed by atoms with Gasteiger partial charge in [0.25, 0.3) is 0 Å². The van der Waals surface area contributed by atoms with Crippen molar-refractivity contribution in [3.8, 4) is 5.75 Å². The number of aliphatic hydroxyl groups is 1. The number of hydrogen-bond acceptors (Lipinski definition) is 5. The maximum atomic E-state index is 14.4. The Morgan fingerprint density at radius 2 is 1.57 bits per heavy atom. The lowest BCUT2D eigenvalue weighted by Crippen LogP contribution is -2.19. The van der Waals surface area contributed by atoms with Crippen LogP contribution in [0, 0.1) is 5.82 Å². The summed E-state index contributed by atoms with van der Waals surface area (Å²) >= 11 is 0. The number of hydrogen-bond donors (Lipinski definition) is 1. The fourth-order valence-electron chi connectivity index (χ4n) is 4.11. The van der Waals surface area contributed by atoms with Crippen LogP contribution in [0.2, 0.25) is 0 Å². The smallest absolute Gasteiger partial charge is 0.165 e. The molecular formula is C31H49FN2O3. The molecule has 6 heteroatoms. The van der Waals surface area contributed by atoms with Gasteiger partial charge in [-0.1, -0.05) is 69.2 Å². The molecular weight excluding hydrogens is 467 g/mol. The van der Waals surface area contributed by atoms with E-state index in [0.29, 0.717) is 6.42 Å². The first-order chi connectivity index (χ1) is 17.9. The largest absolute Gasteiger partial charge is 0.486 e. The first-order valence-electron chi connectivity index (χ1n) is 13.7. The maximum Gasteiger partial charge on any atom is 0.165 e. The van der Waals surface area contributed by atoms with Gasteiger partial charge in [0.1, 0.15) is 6.61 Å². The summed E-state index contributed by atoms with van der Waals surface area (Å²) in [4.78, 5) is 16.8. The fourth-order valence-corrected chi connectivity index (χ4v) is 4.11. The number of halogens is 1. The van der Waals surface area contributed by atoms with Crippen molar-refractivity contribution in [3.63, 3.8) is 0 Å². The van der Waals surface area contributed by atoms with E-state index >= 15 is 0 Å². The Balaban J connectivity index is 2.18. The third-order valence-electron chi connectivity index (χ3n) is 6.30. The van der Waals surface area contributed by atoms with Crippen LogP contribution in [-0.4, -0.2) is 73.7 Å². The quantitative estimate of drug-likeness (QED) is 0.103. The minimum atomic E-state index is -0.691. The molecule has 0 aromatic heterocycles. The maximum absolute atomic E-state index is 14.4. The standard InChI is InChI=1S/C31H49FN2O3/c1-5-20-33(3)22-14-12-10-8-7-9-11-13-17-28(35)26-30(36)27-18-19-31(29(32)25-27)37-24-16-15-23-34(4)21-6-2/h5-6,15-16,18-19,25,28,35H,1-2,7-14,17,20-24,26H2,3-4H3. The van der Waals surface area contributed by atoms with Crippen LogP contribution in [0.5, 0.6) is 5.75 Å². The summed E-state index contributed by atoms with van der Waals surface area (Å²) < 4.78 is 19.8. The van der Waals surface area contributed by atoms with Gasteiger partial charge in [-0.15, -0.1) is 13.2 Å². The van der Waals surface area contributed by atoms with E-state index in [1.807, 2.05) is 31.4 Å². The molecule has 0 saturated heterocycles. The Morgan fingerprint density at radius 3 is 2.22 bits per heavy atom. The third kappa shape index (κ3) is 16.2. The summed E-state index contributed by atoms with van der Waals surface area (Å²) in [6, 6.07) is 4.24. The van der Waals surface area contributed by atoms with Crippen molar-refractivity contribution in [3.05, 3.63) is 67.0 Å². The predicted molar refractivity (Wildman–Crippen MR) is 153 cm³/mol. The van der Waals surface area contributed by atoms with E-state index in [-0.39, 0.29) is 30.1 Å². The molecule has 1 unspecified atom stereocenters. The van der Waals surface area contributed by atoms with Crippen LogP contribution in [0.25, 0.3) is 0 Å². The van der Waals surface area contributed by atoms with Crippen molar-refractivity contribution in [1.29, 1.82) is 0 Å². The Hall–Kier alpha value is -2.28. The zero-order chi connectivity index (χ0) is 27.3. The highest BCUT2D eigenvalue weighted by Crippen LogP contribution is 2.20. The molecule has 37 heavy (non-hydrogen) atoms. The van der Waals surface area contributed by atoms with Gasteiger partial charge in [-0.25, -0.2) is 4.39 Å². The van der Waals surface area contributed by atoms with Crippen molar-refractivity contribution in [2.45, 2.75) is 70.3 Å². The number of ketones is 1. The van der Waals surface area contributed by atoms with Crippen LogP contribution < -0.4 is 4.74 Å². The van der Waals surface area contributed by atoms with Crippen LogP contribution in [0.3, 0.4) is 0 Å². The Bertz CT molecular complexity index is 812. The zero-order valence-electron chi connectivity index (χ0n) is 23.2. The molecule has 0 saturated carbocycles. The van der Waals surface area contributed by atoms with Crippen molar-refractivity contribution in [1.82, 2.24) is 9.80 Å². The molecule has 5 nitrogen and oxygen atoms in total. The van der Waals surface area contributed by atoms with E-state index < -0.39 is 11.9 Å². The molecule has 208 valence electrons. The summed E-state index contributed by atoms with van der Waals surface area (Å²) in [6.45, 7) is 11.3. The number of rotatable bonds is 23. The lowest BCUT2D eigenvalue weighted by Gasteiger charge is -2.13. The van der Waals surface area contributed by atoms with Crippen LogP contribution in [-0.2, 0) is 0 Å². The van der Waals surface area contributed by atoms with E-state index in [0.717, 1.165) is 45.4 Å². The van der Waals surface area contributed by atoms with Gasteiger partial charge in [-0.05, 0) is 51.7 Å². The van der Waals surface area contributed by atoms with Gasteiger partial charge in [0.15, 0.2) is 17.3 Å². The summed E-state index contributed by atoms with van der Waals surface area (Å²) in [6.07, 6.45) is 16.8. The van der Waals surface area contributed by atoms with E-state index in [1.54, 1.807) is 6.07 Å². The molecule has 0 aliphatic heterocycles. The molecule has 0 bridgehead atoms.